The third-order valence-corrected chi connectivity index (χ3v) is 7.43. The number of amides is 1. The first-order valence-electron chi connectivity index (χ1n) is 9.55. The van der Waals surface area contributed by atoms with Crippen LogP contribution < -0.4 is 4.73 Å². The number of hydrogen-bond acceptors (Lipinski definition) is 4. The molecule has 4 rings (SSSR count). The van der Waals surface area contributed by atoms with Crippen molar-refractivity contribution in [2.45, 2.75) is 30.6 Å². The first-order valence-corrected chi connectivity index (χ1v) is 11.0. The normalized spacial score (nSPS) is 17.9. The molecule has 148 valence electrons. The minimum Gasteiger partial charge on any atom is -0.619 e. The van der Waals surface area contributed by atoms with E-state index in [2.05, 4.69) is 0 Å². The highest BCUT2D eigenvalue weighted by Gasteiger charge is 2.31. The van der Waals surface area contributed by atoms with Crippen LogP contribution in [0.5, 0.6) is 0 Å². The summed E-state index contributed by atoms with van der Waals surface area (Å²) in [5.74, 6) is -0.188. The molecule has 7 nitrogen and oxygen atoms in total. The summed E-state index contributed by atoms with van der Waals surface area (Å²) in [6.45, 7) is 1.18. The fraction of sp³-hybridized carbons (Fsp3) is 0.400. The van der Waals surface area contributed by atoms with E-state index in [1.807, 2.05) is 12.1 Å². The molecule has 0 saturated carbocycles. The average molecular weight is 401 g/mol. The van der Waals surface area contributed by atoms with Gasteiger partial charge < -0.3 is 10.1 Å². The monoisotopic (exact) mass is 401 g/mol. The van der Waals surface area contributed by atoms with Crippen molar-refractivity contribution in [1.29, 1.82) is 0 Å². The predicted molar refractivity (Wildman–Crippen MR) is 103 cm³/mol. The Labute approximate surface area is 164 Å². The lowest BCUT2D eigenvalue weighted by Crippen LogP contribution is -2.50. The first kappa shape index (κ1) is 18.9. The molecule has 0 bridgehead atoms. The molecule has 8 heteroatoms. The van der Waals surface area contributed by atoms with Crippen molar-refractivity contribution in [3.05, 3.63) is 64.6 Å². The lowest BCUT2D eigenvalue weighted by molar-refractivity contribution is -0.605. The van der Waals surface area contributed by atoms with Gasteiger partial charge in [-0.15, -0.1) is 0 Å². The second-order valence-electron chi connectivity index (χ2n) is 7.28. The van der Waals surface area contributed by atoms with Gasteiger partial charge in [-0.1, -0.05) is 6.07 Å². The lowest BCUT2D eigenvalue weighted by Gasteiger charge is -2.34. The fourth-order valence-corrected chi connectivity index (χ4v) is 5.36. The molecule has 0 radical (unpaired) electrons. The smallest absolute Gasteiger partial charge is 0.254 e. The van der Waals surface area contributed by atoms with Crippen LogP contribution in [0.25, 0.3) is 0 Å². The summed E-state index contributed by atoms with van der Waals surface area (Å²) < 4.78 is 28.2. The minimum atomic E-state index is -3.56. The van der Waals surface area contributed by atoms with Gasteiger partial charge in [0.05, 0.1) is 10.5 Å². The van der Waals surface area contributed by atoms with E-state index in [9.17, 15) is 18.4 Å². The largest absolute Gasteiger partial charge is 0.619 e. The van der Waals surface area contributed by atoms with E-state index in [1.165, 1.54) is 34.4 Å². The number of fused-ring (bicyclic) bond motifs is 1. The summed E-state index contributed by atoms with van der Waals surface area (Å²) >= 11 is 0. The van der Waals surface area contributed by atoms with Crippen LogP contribution in [0.1, 0.15) is 34.3 Å². The first-order chi connectivity index (χ1) is 13.4. The van der Waals surface area contributed by atoms with Crippen molar-refractivity contribution < 1.29 is 17.9 Å². The zero-order chi connectivity index (χ0) is 19.7. The molecule has 0 atom stereocenters. The summed E-state index contributed by atoms with van der Waals surface area (Å²) in [5, 5.41) is 11.1. The van der Waals surface area contributed by atoms with E-state index in [-0.39, 0.29) is 19.0 Å². The standard InChI is InChI=1S/C20H23N3O4S/c24-20(17-7-9-22(25)10-8-17)21-11-13-23(14-12-21)28(26,27)19-6-5-16-3-1-2-4-18(16)15-19/h5-10,15H,1-4,11-14H2. The molecule has 1 aliphatic carbocycles. The van der Waals surface area contributed by atoms with Gasteiger partial charge in [-0.05, 0) is 48.9 Å². The second-order valence-corrected chi connectivity index (χ2v) is 9.22. The van der Waals surface area contributed by atoms with Crippen molar-refractivity contribution in [3.63, 3.8) is 0 Å². The molecule has 2 aromatic rings. The summed E-state index contributed by atoms with van der Waals surface area (Å²) in [7, 11) is -3.56. The van der Waals surface area contributed by atoms with Gasteiger partial charge in [-0.25, -0.2) is 8.42 Å². The Morgan fingerprint density at radius 2 is 1.57 bits per heavy atom. The van der Waals surface area contributed by atoms with Crippen molar-refractivity contribution in [2.75, 3.05) is 26.2 Å². The van der Waals surface area contributed by atoms with E-state index in [0.717, 1.165) is 31.2 Å². The minimum absolute atomic E-state index is 0.188. The van der Waals surface area contributed by atoms with Crippen LogP contribution in [-0.2, 0) is 22.9 Å². The maximum absolute atomic E-state index is 13.0. The zero-order valence-electron chi connectivity index (χ0n) is 15.6. The van der Waals surface area contributed by atoms with Crippen LogP contribution in [-0.4, -0.2) is 49.7 Å². The Kier molecular flexibility index (Phi) is 5.07. The Balaban J connectivity index is 1.45. The number of carbonyl (C=O) groups is 1. The van der Waals surface area contributed by atoms with Gasteiger partial charge in [0.1, 0.15) is 0 Å². The van der Waals surface area contributed by atoms with Crippen molar-refractivity contribution >= 4 is 15.9 Å². The van der Waals surface area contributed by atoms with E-state index in [1.54, 1.807) is 11.0 Å². The zero-order valence-corrected chi connectivity index (χ0v) is 16.4. The number of sulfonamides is 1. The number of benzene rings is 1. The van der Waals surface area contributed by atoms with Gasteiger partial charge in [-0.2, -0.15) is 9.04 Å². The van der Waals surface area contributed by atoms with E-state index in [4.69, 9.17) is 0 Å². The number of carbonyl (C=O) groups excluding carboxylic acids is 1. The number of hydrogen-bond donors (Lipinski definition) is 0. The Hall–Kier alpha value is -2.45. The summed E-state index contributed by atoms with van der Waals surface area (Å²) in [6.07, 6.45) is 6.77. The fourth-order valence-electron chi connectivity index (χ4n) is 3.89. The molecule has 1 aromatic heterocycles. The van der Waals surface area contributed by atoms with E-state index in [0.29, 0.717) is 28.3 Å². The molecular weight excluding hydrogens is 378 g/mol. The molecule has 0 spiro atoms. The third-order valence-electron chi connectivity index (χ3n) is 5.53. The number of rotatable bonds is 3. The SMILES string of the molecule is O=C(c1cc[n+]([O-])cc1)N1CCN(S(=O)(=O)c2ccc3c(c2)CCCC3)CC1. The highest BCUT2D eigenvalue weighted by molar-refractivity contribution is 7.89. The maximum Gasteiger partial charge on any atom is 0.254 e. The van der Waals surface area contributed by atoms with Gasteiger partial charge in [0, 0.05) is 38.3 Å². The Morgan fingerprint density at radius 1 is 0.929 bits per heavy atom. The van der Waals surface area contributed by atoms with Crippen LogP contribution in [0.15, 0.2) is 47.6 Å². The predicted octanol–water partition coefficient (Wildman–Crippen LogP) is 1.35. The van der Waals surface area contributed by atoms with Crippen LogP contribution in [0, 0.1) is 5.21 Å². The molecule has 2 aliphatic rings. The van der Waals surface area contributed by atoms with Crippen molar-refractivity contribution in [3.8, 4) is 0 Å². The second kappa shape index (κ2) is 7.52. The number of pyridine rings is 1. The van der Waals surface area contributed by atoms with Crippen LogP contribution >= 0.6 is 0 Å². The summed E-state index contributed by atoms with van der Waals surface area (Å²) in [5.41, 5.74) is 2.82. The van der Waals surface area contributed by atoms with Gasteiger partial charge in [-0.3, -0.25) is 4.79 Å². The number of piperazine rings is 1. The molecule has 1 amide bonds. The Morgan fingerprint density at radius 3 is 2.25 bits per heavy atom. The van der Waals surface area contributed by atoms with Gasteiger partial charge in [0.2, 0.25) is 10.0 Å². The number of nitrogens with zero attached hydrogens (tertiary/aromatic N) is 3. The lowest BCUT2D eigenvalue weighted by atomic mass is 9.92. The van der Waals surface area contributed by atoms with Crippen molar-refractivity contribution in [2.24, 2.45) is 0 Å². The highest BCUT2D eigenvalue weighted by atomic mass is 32.2. The Bertz CT molecular complexity index is 981. The third kappa shape index (κ3) is 3.62. The van der Waals surface area contributed by atoms with E-state index >= 15 is 0 Å². The van der Waals surface area contributed by atoms with Crippen LogP contribution in [0.3, 0.4) is 0 Å². The maximum atomic E-state index is 13.0. The molecule has 1 saturated heterocycles. The van der Waals surface area contributed by atoms with Gasteiger partial charge in [0.25, 0.3) is 5.91 Å². The van der Waals surface area contributed by atoms with E-state index < -0.39 is 10.0 Å². The molecule has 0 N–H and O–H groups in total. The van der Waals surface area contributed by atoms with Crippen LogP contribution in [0.4, 0.5) is 0 Å². The summed E-state index contributed by atoms with van der Waals surface area (Å²) in [4.78, 5) is 14.5. The molecule has 1 aromatic carbocycles. The topological polar surface area (TPSA) is 84.6 Å². The molecule has 0 unspecified atom stereocenters. The summed E-state index contributed by atoms with van der Waals surface area (Å²) in [6, 6.07) is 8.43. The van der Waals surface area contributed by atoms with Crippen LogP contribution in [0.2, 0.25) is 0 Å². The van der Waals surface area contributed by atoms with Gasteiger partial charge >= 0.3 is 0 Å². The average Bonchev–Trinajstić information content (AvgIpc) is 2.73. The number of aryl methyl sites for hydroxylation is 2. The molecule has 1 fully saturated rings. The number of aromatic nitrogens is 1. The molecule has 28 heavy (non-hydrogen) atoms. The molecule has 2 heterocycles. The quantitative estimate of drug-likeness (QED) is 0.574. The van der Waals surface area contributed by atoms with Gasteiger partial charge in [0.15, 0.2) is 12.4 Å². The molecule has 1 aliphatic heterocycles. The van der Waals surface area contributed by atoms with Crippen molar-refractivity contribution in [1.82, 2.24) is 9.21 Å². The highest BCUT2D eigenvalue weighted by Crippen LogP contribution is 2.26. The molecular formula is C20H23N3O4S.